The van der Waals surface area contributed by atoms with E-state index in [1.807, 2.05) is 6.92 Å². The van der Waals surface area contributed by atoms with Gasteiger partial charge in [0.05, 0.1) is 24.1 Å². The van der Waals surface area contributed by atoms with Crippen LogP contribution in [-0.2, 0) is 4.74 Å². The molecular weight excluding hydrogens is 248 g/mol. The van der Waals surface area contributed by atoms with Crippen LogP contribution in [0.3, 0.4) is 0 Å². The molecule has 1 atom stereocenters. The third-order valence-corrected chi connectivity index (χ3v) is 2.69. The number of pyridine rings is 1. The fourth-order valence-electron chi connectivity index (χ4n) is 1.89. The zero-order valence-electron chi connectivity index (χ0n) is 11.4. The van der Waals surface area contributed by atoms with Crippen LogP contribution in [0.2, 0.25) is 0 Å². The molecule has 106 valence electrons. The summed E-state index contributed by atoms with van der Waals surface area (Å²) in [6.07, 6.45) is -0.0809. The van der Waals surface area contributed by atoms with E-state index in [1.165, 1.54) is 7.11 Å². The number of nitrogens with zero attached hydrogens (tertiary/aromatic N) is 1. The summed E-state index contributed by atoms with van der Waals surface area (Å²) in [5.41, 5.74) is 1.93. The molecule has 1 heterocycles. The van der Waals surface area contributed by atoms with E-state index in [9.17, 15) is 15.0 Å². The molecule has 0 bridgehead atoms. The van der Waals surface area contributed by atoms with Gasteiger partial charge < -0.3 is 20.3 Å². The number of nitrogens with one attached hydrogen (secondary N) is 1. The fraction of sp³-hybridized carbons (Fsp3) is 0.538. The zero-order valence-corrected chi connectivity index (χ0v) is 11.4. The summed E-state index contributed by atoms with van der Waals surface area (Å²) >= 11 is 0. The quantitative estimate of drug-likeness (QED) is 0.688. The van der Waals surface area contributed by atoms with Gasteiger partial charge in [-0.1, -0.05) is 0 Å². The molecule has 1 aromatic rings. The maximum absolute atomic E-state index is 11.2. The number of carboxylic acids is 1. The monoisotopic (exact) mass is 268 g/mol. The molecule has 0 aliphatic heterocycles. The van der Waals surface area contributed by atoms with E-state index < -0.39 is 12.1 Å². The van der Waals surface area contributed by atoms with Crippen LogP contribution in [-0.4, -0.2) is 47.5 Å². The van der Waals surface area contributed by atoms with Crippen LogP contribution >= 0.6 is 0 Å². The van der Waals surface area contributed by atoms with E-state index in [0.717, 1.165) is 5.69 Å². The van der Waals surface area contributed by atoms with Crippen molar-refractivity contribution in [3.63, 3.8) is 0 Å². The number of hydrogen-bond acceptors (Lipinski definition) is 5. The molecule has 3 N–H and O–H groups in total. The predicted molar refractivity (Wildman–Crippen MR) is 71.7 cm³/mol. The molecule has 0 spiro atoms. The van der Waals surface area contributed by atoms with Crippen LogP contribution in [0.4, 0.5) is 5.69 Å². The summed E-state index contributed by atoms with van der Waals surface area (Å²) in [5.74, 6) is -1.01. The van der Waals surface area contributed by atoms with Crippen LogP contribution in [0.15, 0.2) is 6.07 Å². The van der Waals surface area contributed by atoms with Crippen molar-refractivity contribution in [1.29, 1.82) is 0 Å². The molecule has 0 aromatic carbocycles. The number of ether oxygens (including phenoxy) is 1. The van der Waals surface area contributed by atoms with Gasteiger partial charge in [0, 0.05) is 19.3 Å². The summed E-state index contributed by atoms with van der Waals surface area (Å²) in [5, 5.41) is 21.7. The Kier molecular flexibility index (Phi) is 5.72. The molecule has 0 aliphatic rings. The van der Waals surface area contributed by atoms with Crippen LogP contribution < -0.4 is 5.32 Å². The molecular formula is C13H20N2O4. The number of aryl methyl sites for hydroxylation is 2. The Balaban J connectivity index is 2.74. The Morgan fingerprint density at radius 2 is 2.21 bits per heavy atom. The molecule has 0 saturated heterocycles. The van der Waals surface area contributed by atoms with Gasteiger partial charge in [-0.3, -0.25) is 4.98 Å². The highest BCUT2D eigenvalue weighted by molar-refractivity contribution is 5.95. The smallest absolute Gasteiger partial charge is 0.339 e. The van der Waals surface area contributed by atoms with Crippen molar-refractivity contribution in [2.75, 3.05) is 25.6 Å². The minimum atomic E-state index is -1.01. The van der Waals surface area contributed by atoms with E-state index in [1.54, 1.807) is 13.0 Å². The first kappa shape index (κ1) is 15.4. The van der Waals surface area contributed by atoms with Crippen molar-refractivity contribution >= 4 is 11.7 Å². The van der Waals surface area contributed by atoms with Gasteiger partial charge in [0.15, 0.2) is 0 Å². The maximum atomic E-state index is 11.2. The summed E-state index contributed by atoms with van der Waals surface area (Å²) in [6, 6.07) is 1.69. The molecule has 6 heteroatoms. The second kappa shape index (κ2) is 7.06. The normalized spacial score (nSPS) is 12.2. The van der Waals surface area contributed by atoms with Crippen molar-refractivity contribution in [3.8, 4) is 0 Å². The second-order valence-corrected chi connectivity index (χ2v) is 4.40. The van der Waals surface area contributed by atoms with E-state index >= 15 is 0 Å². The van der Waals surface area contributed by atoms with Gasteiger partial charge in [0.1, 0.15) is 5.56 Å². The number of aromatic nitrogens is 1. The Hall–Kier alpha value is -1.66. The highest BCUT2D eigenvalue weighted by atomic mass is 16.5. The Labute approximate surface area is 112 Å². The summed E-state index contributed by atoms with van der Waals surface area (Å²) in [7, 11) is 1.52. The van der Waals surface area contributed by atoms with Gasteiger partial charge in [0.25, 0.3) is 0 Å². The minimum Gasteiger partial charge on any atom is -0.478 e. The van der Waals surface area contributed by atoms with Crippen LogP contribution in [0.25, 0.3) is 0 Å². The van der Waals surface area contributed by atoms with Gasteiger partial charge in [-0.2, -0.15) is 0 Å². The van der Waals surface area contributed by atoms with Crippen molar-refractivity contribution < 1.29 is 19.7 Å². The highest BCUT2D eigenvalue weighted by Crippen LogP contribution is 2.19. The summed E-state index contributed by atoms with van der Waals surface area (Å²) < 4.78 is 4.82. The molecule has 0 radical (unpaired) electrons. The number of anilines is 1. The number of rotatable bonds is 7. The molecule has 0 amide bonds. The molecule has 19 heavy (non-hydrogen) atoms. The van der Waals surface area contributed by atoms with Gasteiger partial charge in [-0.05, 0) is 26.3 Å². The number of hydrogen-bond donors (Lipinski definition) is 3. The summed E-state index contributed by atoms with van der Waals surface area (Å²) in [6.45, 7) is 4.21. The van der Waals surface area contributed by atoms with Gasteiger partial charge in [-0.25, -0.2) is 4.79 Å². The first-order valence-corrected chi connectivity index (χ1v) is 6.08. The van der Waals surface area contributed by atoms with E-state index in [2.05, 4.69) is 10.3 Å². The first-order chi connectivity index (χ1) is 8.95. The van der Waals surface area contributed by atoms with Crippen LogP contribution in [0.5, 0.6) is 0 Å². The van der Waals surface area contributed by atoms with Crippen molar-refractivity contribution in [2.24, 2.45) is 0 Å². The van der Waals surface area contributed by atoms with Gasteiger partial charge in [-0.15, -0.1) is 0 Å². The Morgan fingerprint density at radius 1 is 1.53 bits per heavy atom. The lowest BCUT2D eigenvalue weighted by Crippen LogP contribution is -2.19. The molecule has 0 fully saturated rings. The standard InChI is InChI=1S/C13H20N2O4/c1-8-6-11(12(13(17)18)9(2)15-8)14-5-4-10(16)7-19-3/h6,10,16H,4-5,7H2,1-3H3,(H,14,15)(H,17,18). The first-order valence-electron chi connectivity index (χ1n) is 6.08. The zero-order chi connectivity index (χ0) is 14.4. The predicted octanol–water partition coefficient (Wildman–Crippen LogP) is 1.21. The lowest BCUT2D eigenvalue weighted by Gasteiger charge is -2.14. The number of carboxylic acid groups (broad SMARTS) is 1. The lowest BCUT2D eigenvalue weighted by atomic mass is 10.1. The number of methoxy groups -OCH3 is 1. The van der Waals surface area contributed by atoms with Crippen LogP contribution in [0.1, 0.15) is 28.2 Å². The van der Waals surface area contributed by atoms with E-state index in [-0.39, 0.29) is 12.2 Å². The fourth-order valence-corrected chi connectivity index (χ4v) is 1.89. The highest BCUT2D eigenvalue weighted by Gasteiger charge is 2.15. The third-order valence-electron chi connectivity index (χ3n) is 2.69. The lowest BCUT2D eigenvalue weighted by molar-refractivity contribution is 0.0615. The molecule has 1 unspecified atom stereocenters. The molecule has 1 rings (SSSR count). The number of aromatic carboxylic acids is 1. The van der Waals surface area contributed by atoms with Crippen molar-refractivity contribution in [2.45, 2.75) is 26.4 Å². The van der Waals surface area contributed by atoms with E-state index in [0.29, 0.717) is 24.3 Å². The third kappa shape index (κ3) is 4.50. The van der Waals surface area contributed by atoms with E-state index in [4.69, 9.17) is 4.74 Å². The van der Waals surface area contributed by atoms with Crippen LogP contribution in [0, 0.1) is 13.8 Å². The molecule has 1 aromatic heterocycles. The van der Waals surface area contributed by atoms with Crippen molar-refractivity contribution in [3.05, 3.63) is 23.0 Å². The SMILES string of the molecule is COCC(O)CCNc1cc(C)nc(C)c1C(=O)O. The van der Waals surface area contributed by atoms with Gasteiger partial charge >= 0.3 is 5.97 Å². The topological polar surface area (TPSA) is 91.7 Å². The summed E-state index contributed by atoms with van der Waals surface area (Å²) in [4.78, 5) is 15.3. The molecule has 6 nitrogen and oxygen atoms in total. The molecule has 0 saturated carbocycles. The Morgan fingerprint density at radius 3 is 2.79 bits per heavy atom. The number of aliphatic hydroxyl groups excluding tert-OH is 1. The number of carbonyl (C=O) groups is 1. The number of aliphatic hydroxyl groups is 1. The average molecular weight is 268 g/mol. The van der Waals surface area contributed by atoms with Gasteiger partial charge in [0.2, 0.25) is 0 Å². The van der Waals surface area contributed by atoms with Crippen molar-refractivity contribution in [1.82, 2.24) is 4.98 Å². The average Bonchev–Trinajstić information content (AvgIpc) is 2.27. The molecule has 0 aliphatic carbocycles. The maximum Gasteiger partial charge on any atom is 0.339 e. The second-order valence-electron chi connectivity index (χ2n) is 4.40. The largest absolute Gasteiger partial charge is 0.478 e. The minimum absolute atomic E-state index is 0.173. The Bertz CT molecular complexity index is 449.